The van der Waals surface area contributed by atoms with Crippen LogP contribution in [0.3, 0.4) is 0 Å². The van der Waals surface area contributed by atoms with E-state index < -0.39 is 0 Å². The minimum atomic E-state index is 0.0135. The Labute approximate surface area is 151 Å². The highest BCUT2D eigenvalue weighted by Gasteiger charge is 2.05. The quantitative estimate of drug-likeness (QED) is 0.386. The van der Waals surface area contributed by atoms with Crippen LogP contribution in [0.25, 0.3) is 0 Å². The lowest BCUT2D eigenvalue weighted by molar-refractivity contribution is -0.127. The Balaban J connectivity index is 2.45. The molecule has 0 spiro atoms. The molecular weight excluding hydrogens is 316 g/mol. The van der Waals surface area contributed by atoms with E-state index in [0.717, 1.165) is 31.6 Å². The van der Waals surface area contributed by atoms with Crippen LogP contribution in [0.1, 0.15) is 32.3 Å². The topological polar surface area (TPSA) is 66.0 Å². The van der Waals surface area contributed by atoms with Gasteiger partial charge in [-0.3, -0.25) is 4.79 Å². The number of carbonyl (C=O) groups is 1. The van der Waals surface area contributed by atoms with Crippen LogP contribution in [0.15, 0.2) is 35.3 Å². The molecule has 2 N–H and O–H groups in total. The highest BCUT2D eigenvalue weighted by Crippen LogP contribution is 2.00. The number of benzene rings is 1. The fourth-order valence-corrected chi connectivity index (χ4v) is 2.00. The monoisotopic (exact) mass is 348 g/mol. The second kappa shape index (κ2) is 12.3. The summed E-state index contributed by atoms with van der Waals surface area (Å²) < 4.78 is 5.54. The minimum absolute atomic E-state index is 0.0135. The van der Waals surface area contributed by atoms with Crippen LogP contribution in [-0.4, -0.2) is 56.7 Å². The largest absolute Gasteiger partial charge is 0.379 e. The Bertz CT molecular complexity index is 515. The van der Waals surface area contributed by atoms with Crippen molar-refractivity contribution in [3.05, 3.63) is 35.9 Å². The zero-order chi connectivity index (χ0) is 18.5. The Kier molecular flexibility index (Phi) is 10.3. The number of carbonyl (C=O) groups excluding carboxylic acids is 1. The molecule has 0 radical (unpaired) electrons. The summed E-state index contributed by atoms with van der Waals surface area (Å²) in [5, 5.41) is 6.38. The lowest BCUT2D eigenvalue weighted by Crippen LogP contribution is -2.43. The van der Waals surface area contributed by atoms with Gasteiger partial charge in [-0.15, -0.1) is 0 Å². The number of hydrogen-bond acceptors (Lipinski definition) is 3. The molecule has 1 rings (SSSR count). The smallest absolute Gasteiger partial charge is 0.241 e. The Morgan fingerprint density at radius 2 is 1.88 bits per heavy atom. The first-order chi connectivity index (χ1) is 12.0. The molecule has 0 aliphatic heterocycles. The summed E-state index contributed by atoms with van der Waals surface area (Å²) in [5.74, 6) is 0.670. The van der Waals surface area contributed by atoms with E-state index in [1.807, 2.05) is 44.2 Å². The molecule has 1 amide bonds. The third-order valence-corrected chi connectivity index (χ3v) is 3.48. The van der Waals surface area contributed by atoms with E-state index in [1.165, 1.54) is 0 Å². The van der Waals surface area contributed by atoms with Crippen molar-refractivity contribution in [3.8, 4) is 0 Å². The van der Waals surface area contributed by atoms with Crippen molar-refractivity contribution >= 4 is 11.9 Å². The van der Waals surface area contributed by atoms with Crippen LogP contribution in [0.2, 0.25) is 0 Å². The van der Waals surface area contributed by atoms with Crippen molar-refractivity contribution in [2.24, 2.45) is 4.99 Å². The summed E-state index contributed by atoms with van der Waals surface area (Å²) in [6.45, 7) is 6.43. The van der Waals surface area contributed by atoms with Crippen molar-refractivity contribution < 1.29 is 9.53 Å². The van der Waals surface area contributed by atoms with Gasteiger partial charge >= 0.3 is 0 Å². The number of amides is 1. The van der Waals surface area contributed by atoms with Gasteiger partial charge in [0.2, 0.25) is 5.91 Å². The van der Waals surface area contributed by atoms with E-state index in [1.54, 1.807) is 19.0 Å². The molecule has 6 nitrogen and oxygen atoms in total. The highest BCUT2D eigenvalue weighted by atomic mass is 16.5. The maximum atomic E-state index is 11.8. The highest BCUT2D eigenvalue weighted by molar-refractivity contribution is 5.86. The van der Waals surface area contributed by atoms with E-state index in [0.29, 0.717) is 12.5 Å². The number of rotatable bonds is 10. The predicted octanol–water partition coefficient (Wildman–Crippen LogP) is 2.02. The van der Waals surface area contributed by atoms with Gasteiger partial charge in [-0.1, -0.05) is 30.3 Å². The molecule has 25 heavy (non-hydrogen) atoms. The molecule has 1 aromatic rings. The van der Waals surface area contributed by atoms with Gasteiger partial charge in [-0.05, 0) is 32.3 Å². The lowest BCUT2D eigenvalue weighted by atomic mass is 10.2. The van der Waals surface area contributed by atoms with E-state index in [2.05, 4.69) is 15.6 Å². The van der Waals surface area contributed by atoms with Gasteiger partial charge in [0, 0.05) is 27.2 Å². The molecule has 6 heteroatoms. The Hall–Kier alpha value is -2.08. The van der Waals surface area contributed by atoms with Gasteiger partial charge < -0.3 is 20.3 Å². The standard InChI is InChI=1S/C19H32N4O2/c1-16(2)25-13-9-8-12-20-19(22-15-18(24)23(3)4)21-14-17-10-6-5-7-11-17/h5-7,10-11,16H,8-9,12-15H2,1-4H3,(H2,20,21,22). The maximum absolute atomic E-state index is 11.8. The second-order valence-corrected chi connectivity index (χ2v) is 6.35. The molecule has 0 aliphatic rings. The SMILES string of the molecule is CC(C)OCCCCNC(=NCc1ccccc1)NCC(=O)N(C)C. The number of nitrogens with zero attached hydrogens (tertiary/aromatic N) is 2. The van der Waals surface area contributed by atoms with Crippen molar-refractivity contribution in [3.63, 3.8) is 0 Å². The summed E-state index contributed by atoms with van der Waals surface area (Å²) in [7, 11) is 3.49. The first-order valence-corrected chi connectivity index (χ1v) is 8.87. The van der Waals surface area contributed by atoms with Gasteiger partial charge in [0.05, 0.1) is 19.2 Å². The van der Waals surface area contributed by atoms with Crippen LogP contribution in [0, 0.1) is 0 Å². The second-order valence-electron chi connectivity index (χ2n) is 6.35. The van der Waals surface area contributed by atoms with Crippen LogP contribution in [0.4, 0.5) is 0 Å². The third kappa shape index (κ3) is 10.4. The van der Waals surface area contributed by atoms with Crippen molar-refractivity contribution in [2.45, 2.75) is 39.3 Å². The van der Waals surface area contributed by atoms with Gasteiger partial charge in [0.25, 0.3) is 0 Å². The molecule has 0 fully saturated rings. The van der Waals surface area contributed by atoms with E-state index in [-0.39, 0.29) is 18.6 Å². The molecule has 0 bridgehead atoms. The normalized spacial score (nSPS) is 11.5. The number of hydrogen-bond donors (Lipinski definition) is 2. The Morgan fingerprint density at radius 1 is 1.16 bits per heavy atom. The molecule has 0 saturated heterocycles. The molecule has 0 aromatic heterocycles. The number of unbranched alkanes of at least 4 members (excludes halogenated alkanes) is 1. The van der Waals surface area contributed by atoms with Crippen molar-refractivity contribution in [1.82, 2.24) is 15.5 Å². The number of ether oxygens (including phenoxy) is 1. The van der Waals surface area contributed by atoms with Crippen molar-refractivity contribution in [1.29, 1.82) is 0 Å². The number of nitrogens with one attached hydrogen (secondary N) is 2. The van der Waals surface area contributed by atoms with Crippen LogP contribution in [-0.2, 0) is 16.1 Å². The minimum Gasteiger partial charge on any atom is -0.379 e. The Morgan fingerprint density at radius 3 is 2.52 bits per heavy atom. The summed E-state index contributed by atoms with van der Waals surface area (Å²) in [6.07, 6.45) is 2.25. The molecule has 0 atom stereocenters. The van der Waals surface area contributed by atoms with E-state index >= 15 is 0 Å². The van der Waals surface area contributed by atoms with Gasteiger partial charge in [-0.25, -0.2) is 4.99 Å². The molecule has 140 valence electrons. The number of guanidine groups is 1. The zero-order valence-electron chi connectivity index (χ0n) is 15.9. The van der Waals surface area contributed by atoms with Crippen LogP contribution >= 0.6 is 0 Å². The molecule has 0 heterocycles. The van der Waals surface area contributed by atoms with Gasteiger partial charge in [0.15, 0.2) is 5.96 Å². The van der Waals surface area contributed by atoms with E-state index in [9.17, 15) is 4.79 Å². The van der Waals surface area contributed by atoms with Gasteiger partial charge in [0.1, 0.15) is 0 Å². The zero-order valence-corrected chi connectivity index (χ0v) is 15.9. The van der Waals surface area contributed by atoms with E-state index in [4.69, 9.17) is 4.74 Å². The average Bonchev–Trinajstić information content (AvgIpc) is 2.59. The summed E-state index contributed by atoms with van der Waals surface area (Å²) in [6, 6.07) is 10.1. The first-order valence-electron chi connectivity index (χ1n) is 8.87. The average molecular weight is 348 g/mol. The number of aliphatic imine (C=N–C) groups is 1. The summed E-state index contributed by atoms with van der Waals surface area (Å²) >= 11 is 0. The number of likely N-dealkylation sites (N-methyl/N-ethyl adjacent to an activating group) is 1. The molecule has 0 aliphatic carbocycles. The maximum Gasteiger partial charge on any atom is 0.241 e. The van der Waals surface area contributed by atoms with Crippen LogP contribution < -0.4 is 10.6 Å². The first kappa shape index (κ1) is 21.0. The van der Waals surface area contributed by atoms with Gasteiger partial charge in [-0.2, -0.15) is 0 Å². The van der Waals surface area contributed by atoms with Crippen LogP contribution in [0.5, 0.6) is 0 Å². The molecule has 1 aromatic carbocycles. The molecule has 0 unspecified atom stereocenters. The fourth-order valence-electron chi connectivity index (χ4n) is 2.00. The summed E-state index contributed by atoms with van der Waals surface area (Å²) in [5.41, 5.74) is 1.13. The molecular formula is C19H32N4O2. The predicted molar refractivity (Wildman–Crippen MR) is 103 cm³/mol. The lowest BCUT2D eigenvalue weighted by Gasteiger charge is -2.15. The fraction of sp³-hybridized carbons (Fsp3) is 0.579. The molecule has 0 saturated carbocycles. The van der Waals surface area contributed by atoms with Crippen molar-refractivity contribution in [2.75, 3.05) is 33.8 Å². The third-order valence-electron chi connectivity index (χ3n) is 3.48. The summed E-state index contributed by atoms with van der Waals surface area (Å²) in [4.78, 5) is 17.9.